The van der Waals surface area contributed by atoms with Crippen LogP contribution in [0.25, 0.3) is 0 Å². The molecule has 3 rings (SSSR count). The summed E-state index contributed by atoms with van der Waals surface area (Å²) < 4.78 is 0. The Hall–Kier alpha value is -0.570. The number of nitrogens with one attached hydrogen (secondary N) is 1. The summed E-state index contributed by atoms with van der Waals surface area (Å²) in [5.74, 6) is 0.482. The number of hydrogen-bond acceptors (Lipinski definition) is 2. The van der Waals surface area contributed by atoms with Crippen LogP contribution in [0.4, 0.5) is 0 Å². The summed E-state index contributed by atoms with van der Waals surface area (Å²) >= 11 is 0. The molecule has 3 fully saturated rings. The van der Waals surface area contributed by atoms with Gasteiger partial charge < -0.3 is 10.2 Å². The standard InChI is InChI=1S/C10H18N2O/c1-7(2)10(13)12-6-8-3-4-9(12)5-11-8/h7-9,11H,3-6H2,1-2H3. The van der Waals surface area contributed by atoms with Crippen LogP contribution in [0.5, 0.6) is 0 Å². The first-order valence-corrected chi connectivity index (χ1v) is 5.22. The highest BCUT2D eigenvalue weighted by molar-refractivity contribution is 5.78. The van der Waals surface area contributed by atoms with E-state index in [1.54, 1.807) is 0 Å². The largest absolute Gasteiger partial charge is 0.337 e. The van der Waals surface area contributed by atoms with Crippen molar-refractivity contribution in [1.82, 2.24) is 10.2 Å². The van der Waals surface area contributed by atoms with E-state index in [2.05, 4.69) is 10.2 Å². The summed E-state index contributed by atoms with van der Waals surface area (Å²) in [5.41, 5.74) is 0. The first-order valence-electron chi connectivity index (χ1n) is 5.22. The maximum atomic E-state index is 11.8. The molecule has 2 atom stereocenters. The smallest absolute Gasteiger partial charge is 0.225 e. The number of piperazine rings is 1. The number of piperidine rings is 2. The lowest BCUT2D eigenvalue weighted by Crippen LogP contribution is -2.63. The Morgan fingerprint density at radius 2 is 2.23 bits per heavy atom. The summed E-state index contributed by atoms with van der Waals surface area (Å²) in [7, 11) is 0. The highest BCUT2D eigenvalue weighted by Crippen LogP contribution is 2.23. The van der Waals surface area contributed by atoms with E-state index >= 15 is 0 Å². The normalized spacial score (nSPS) is 32.7. The van der Waals surface area contributed by atoms with E-state index in [-0.39, 0.29) is 5.92 Å². The summed E-state index contributed by atoms with van der Waals surface area (Å²) in [6.45, 7) is 5.90. The van der Waals surface area contributed by atoms with Crippen LogP contribution >= 0.6 is 0 Å². The van der Waals surface area contributed by atoms with Crippen molar-refractivity contribution in [2.75, 3.05) is 13.1 Å². The Kier molecular flexibility index (Phi) is 2.28. The second kappa shape index (κ2) is 3.29. The van der Waals surface area contributed by atoms with E-state index in [1.807, 2.05) is 13.8 Å². The van der Waals surface area contributed by atoms with Crippen LogP contribution in [0.1, 0.15) is 26.7 Å². The van der Waals surface area contributed by atoms with Gasteiger partial charge in [-0.25, -0.2) is 0 Å². The summed E-state index contributed by atoms with van der Waals surface area (Å²) in [5, 5.41) is 3.45. The predicted octanol–water partition coefficient (Wildman–Crippen LogP) is 0.605. The Morgan fingerprint density at radius 3 is 2.62 bits per heavy atom. The summed E-state index contributed by atoms with van der Waals surface area (Å²) in [6, 6.07) is 1.03. The third-order valence-electron chi connectivity index (χ3n) is 3.13. The number of carbonyl (C=O) groups excluding carboxylic acids is 1. The van der Waals surface area contributed by atoms with Crippen molar-refractivity contribution in [2.45, 2.75) is 38.8 Å². The SMILES string of the molecule is CC(C)C(=O)N1CC2CCC1CN2. The molecule has 3 heterocycles. The molecule has 74 valence electrons. The van der Waals surface area contributed by atoms with Gasteiger partial charge in [0.15, 0.2) is 0 Å². The minimum absolute atomic E-state index is 0.152. The van der Waals surface area contributed by atoms with Gasteiger partial charge in [0.25, 0.3) is 0 Å². The van der Waals surface area contributed by atoms with Crippen LogP contribution in [0.2, 0.25) is 0 Å². The van der Waals surface area contributed by atoms with Gasteiger partial charge in [0.2, 0.25) is 5.91 Å². The lowest BCUT2D eigenvalue weighted by atomic mass is 9.92. The number of fused-ring (bicyclic) bond motifs is 3. The average molecular weight is 182 g/mol. The quantitative estimate of drug-likeness (QED) is 0.644. The summed E-state index contributed by atoms with van der Waals surface area (Å²) in [4.78, 5) is 13.9. The number of carbonyl (C=O) groups is 1. The molecule has 0 saturated carbocycles. The molecule has 0 aromatic carbocycles. The van der Waals surface area contributed by atoms with Gasteiger partial charge >= 0.3 is 0 Å². The van der Waals surface area contributed by atoms with Crippen LogP contribution in [-0.2, 0) is 4.79 Å². The van der Waals surface area contributed by atoms with Gasteiger partial charge in [0, 0.05) is 31.1 Å². The minimum Gasteiger partial charge on any atom is -0.337 e. The maximum absolute atomic E-state index is 11.8. The second-order valence-electron chi connectivity index (χ2n) is 4.48. The third-order valence-corrected chi connectivity index (χ3v) is 3.13. The number of amides is 1. The topological polar surface area (TPSA) is 32.3 Å². The van der Waals surface area contributed by atoms with Crippen molar-refractivity contribution in [1.29, 1.82) is 0 Å². The molecule has 0 radical (unpaired) electrons. The molecule has 3 heteroatoms. The molecular formula is C10H18N2O. The van der Waals surface area contributed by atoms with Gasteiger partial charge in [0.05, 0.1) is 0 Å². The van der Waals surface area contributed by atoms with Gasteiger partial charge in [-0.2, -0.15) is 0 Å². The van der Waals surface area contributed by atoms with Crippen LogP contribution < -0.4 is 5.32 Å². The van der Waals surface area contributed by atoms with Crippen molar-refractivity contribution in [2.24, 2.45) is 5.92 Å². The fourth-order valence-corrected chi connectivity index (χ4v) is 2.31. The van der Waals surface area contributed by atoms with E-state index in [9.17, 15) is 4.79 Å². The lowest BCUT2D eigenvalue weighted by Gasteiger charge is -2.46. The number of nitrogens with zero attached hydrogens (tertiary/aromatic N) is 1. The van der Waals surface area contributed by atoms with Gasteiger partial charge in [0.1, 0.15) is 0 Å². The highest BCUT2D eigenvalue weighted by Gasteiger charge is 2.36. The molecule has 0 spiro atoms. The molecule has 2 bridgehead atoms. The maximum Gasteiger partial charge on any atom is 0.225 e. The Morgan fingerprint density at radius 1 is 1.46 bits per heavy atom. The molecule has 13 heavy (non-hydrogen) atoms. The van der Waals surface area contributed by atoms with Gasteiger partial charge in [-0.05, 0) is 12.8 Å². The highest BCUT2D eigenvalue weighted by atomic mass is 16.2. The first kappa shape index (κ1) is 9.00. The van der Waals surface area contributed by atoms with E-state index < -0.39 is 0 Å². The van der Waals surface area contributed by atoms with Gasteiger partial charge in [-0.3, -0.25) is 4.79 Å². The first-order chi connectivity index (χ1) is 6.18. The lowest BCUT2D eigenvalue weighted by molar-refractivity contribution is -0.140. The zero-order chi connectivity index (χ0) is 9.42. The van der Waals surface area contributed by atoms with Crippen LogP contribution in [0.3, 0.4) is 0 Å². The molecule has 1 amide bonds. The molecule has 1 N–H and O–H groups in total. The predicted molar refractivity (Wildman–Crippen MR) is 51.4 cm³/mol. The number of hydrogen-bond donors (Lipinski definition) is 1. The molecule has 3 saturated heterocycles. The molecule has 0 aromatic heterocycles. The zero-order valence-corrected chi connectivity index (χ0v) is 8.42. The van der Waals surface area contributed by atoms with E-state index in [4.69, 9.17) is 0 Å². The molecule has 0 aliphatic carbocycles. The molecular weight excluding hydrogens is 164 g/mol. The Bertz CT molecular complexity index is 207. The van der Waals surface area contributed by atoms with Crippen molar-refractivity contribution >= 4 is 5.91 Å². The molecule has 0 aromatic rings. The molecule has 3 nitrogen and oxygen atoms in total. The van der Waals surface area contributed by atoms with Gasteiger partial charge in [-0.1, -0.05) is 13.8 Å². The van der Waals surface area contributed by atoms with Crippen LogP contribution in [0, 0.1) is 5.92 Å². The fraction of sp³-hybridized carbons (Fsp3) is 0.900. The van der Waals surface area contributed by atoms with Crippen molar-refractivity contribution in [3.63, 3.8) is 0 Å². The van der Waals surface area contributed by atoms with Gasteiger partial charge in [-0.15, -0.1) is 0 Å². The van der Waals surface area contributed by atoms with Crippen molar-refractivity contribution < 1.29 is 4.79 Å². The average Bonchev–Trinajstić information content (AvgIpc) is 2.18. The third kappa shape index (κ3) is 1.57. The van der Waals surface area contributed by atoms with E-state index in [0.29, 0.717) is 18.0 Å². The fourth-order valence-electron chi connectivity index (χ4n) is 2.31. The van der Waals surface area contributed by atoms with E-state index in [0.717, 1.165) is 13.1 Å². The molecule has 3 aliphatic rings. The zero-order valence-electron chi connectivity index (χ0n) is 8.42. The molecule has 3 aliphatic heterocycles. The minimum atomic E-state index is 0.152. The monoisotopic (exact) mass is 182 g/mol. The van der Waals surface area contributed by atoms with Crippen LogP contribution in [0.15, 0.2) is 0 Å². The molecule has 2 unspecified atom stereocenters. The van der Waals surface area contributed by atoms with Crippen molar-refractivity contribution in [3.05, 3.63) is 0 Å². The summed E-state index contributed by atoms with van der Waals surface area (Å²) in [6.07, 6.45) is 2.43. The second-order valence-corrected chi connectivity index (χ2v) is 4.48. The Balaban J connectivity index is 2.04. The number of rotatable bonds is 1. The van der Waals surface area contributed by atoms with Crippen LogP contribution in [-0.4, -0.2) is 36.0 Å². The van der Waals surface area contributed by atoms with E-state index in [1.165, 1.54) is 12.8 Å². The van der Waals surface area contributed by atoms with Crippen molar-refractivity contribution in [3.8, 4) is 0 Å². The Labute approximate surface area is 79.5 Å².